The summed E-state index contributed by atoms with van der Waals surface area (Å²) in [6.07, 6.45) is 3.14. The van der Waals surface area contributed by atoms with Crippen LogP contribution in [0.15, 0.2) is 30.3 Å². The molecule has 1 heterocycles. The van der Waals surface area contributed by atoms with E-state index in [2.05, 4.69) is 0 Å². The molecule has 0 N–H and O–H groups in total. The lowest BCUT2D eigenvalue weighted by molar-refractivity contribution is -0.109. The quantitative estimate of drug-likeness (QED) is 0.783. The molecule has 4 heteroatoms. The fourth-order valence-corrected chi connectivity index (χ4v) is 2.37. The summed E-state index contributed by atoms with van der Waals surface area (Å²) in [5, 5.41) is 0. The van der Waals surface area contributed by atoms with E-state index in [9.17, 15) is 9.59 Å². The third kappa shape index (κ3) is 4.09. The molecule has 1 aromatic rings. The Morgan fingerprint density at radius 3 is 2.89 bits per heavy atom. The summed E-state index contributed by atoms with van der Waals surface area (Å²) in [5.74, 6) is 0.288. The molecule has 1 atom stereocenters. The largest absolute Gasteiger partial charge is 0.445 e. The highest BCUT2D eigenvalue weighted by molar-refractivity contribution is 5.67. The lowest BCUT2D eigenvalue weighted by Crippen LogP contribution is -2.40. The zero-order chi connectivity index (χ0) is 13.5. The van der Waals surface area contributed by atoms with Crippen molar-refractivity contribution in [3.05, 3.63) is 35.9 Å². The second-order valence-corrected chi connectivity index (χ2v) is 4.90. The summed E-state index contributed by atoms with van der Waals surface area (Å²) in [6.45, 7) is 1.66. The SMILES string of the molecule is O=CC[C@H]1CCCN(C(=O)OCc2ccccc2)C1. The van der Waals surface area contributed by atoms with Gasteiger partial charge in [0.2, 0.25) is 0 Å². The normalized spacial score (nSPS) is 18.9. The van der Waals surface area contributed by atoms with Crippen LogP contribution in [0, 0.1) is 5.92 Å². The van der Waals surface area contributed by atoms with Crippen molar-refractivity contribution in [2.24, 2.45) is 5.92 Å². The lowest BCUT2D eigenvalue weighted by Gasteiger charge is -2.31. The molecule has 0 aromatic heterocycles. The van der Waals surface area contributed by atoms with E-state index in [1.165, 1.54) is 0 Å². The Kier molecular flexibility index (Phi) is 4.95. The number of aldehydes is 1. The van der Waals surface area contributed by atoms with E-state index in [0.717, 1.165) is 31.2 Å². The Hall–Kier alpha value is -1.84. The van der Waals surface area contributed by atoms with Crippen LogP contribution in [0.25, 0.3) is 0 Å². The number of piperidine rings is 1. The summed E-state index contributed by atoms with van der Waals surface area (Å²) in [6, 6.07) is 9.63. The summed E-state index contributed by atoms with van der Waals surface area (Å²) < 4.78 is 5.29. The van der Waals surface area contributed by atoms with Gasteiger partial charge in [-0.2, -0.15) is 0 Å². The van der Waals surface area contributed by atoms with E-state index in [4.69, 9.17) is 4.74 Å². The van der Waals surface area contributed by atoms with Gasteiger partial charge in [-0.3, -0.25) is 0 Å². The van der Waals surface area contributed by atoms with E-state index < -0.39 is 0 Å². The molecule has 19 heavy (non-hydrogen) atoms. The molecular formula is C15H19NO3. The van der Waals surface area contributed by atoms with Crippen molar-refractivity contribution < 1.29 is 14.3 Å². The molecule has 1 aliphatic heterocycles. The van der Waals surface area contributed by atoms with Gasteiger partial charge in [-0.05, 0) is 24.3 Å². The molecule has 0 saturated carbocycles. The van der Waals surface area contributed by atoms with E-state index >= 15 is 0 Å². The maximum absolute atomic E-state index is 11.9. The van der Waals surface area contributed by atoms with Crippen molar-refractivity contribution in [1.29, 1.82) is 0 Å². The van der Waals surface area contributed by atoms with Gasteiger partial charge in [0.05, 0.1) is 0 Å². The van der Waals surface area contributed by atoms with Crippen LogP contribution < -0.4 is 0 Å². The second-order valence-electron chi connectivity index (χ2n) is 4.90. The number of ether oxygens (including phenoxy) is 1. The number of carbonyl (C=O) groups excluding carboxylic acids is 2. The highest BCUT2D eigenvalue weighted by Gasteiger charge is 2.24. The Morgan fingerprint density at radius 1 is 1.37 bits per heavy atom. The van der Waals surface area contributed by atoms with Crippen molar-refractivity contribution in [1.82, 2.24) is 4.90 Å². The molecule has 1 saturated heterocycles. The molecule has 2 rings (SSSR count). The number of benzene rings is 1. The molecule has 1 amide bonds. The third-order valence-electron chi connectivity index (χ3n) is 3.41. The molecule has 1 fully saturated rings. The van der Waals surface area contributed by atoms with Gasteiger partial charge in [0.25, 0.3) is 0 Å². The number of likely N-dealkylation sites (tertiary alicyclic amines) is 1. The summed E-state index contributed by atoms with van der Waals surface area (Å²) in [5.41, 5.74) is 0.984. The first-order valence-electron chi connectivity index (χ1n) is 6.69. The minimum absolute atomic E-state index is 0.278. The van der Waals surface area contributed by atoms with E-state index in [1.54, 1.807) is 4.90 Å². The smallest absolute Gasteiger partial charge is 0.410 e. The van der Waals surface area contributed by atoms with Crippen molar-refractivity contribution in [2.45, 2.75) is 25.9 Å². The Balaban J connectivity index is 1.81. The first-order valence-corrected chi connectivity index (χ1v) is 6.69. The molecule has 0 bridgehead atoms. The highest BCUT2D eigenvalue weighted by atomic mass is 16.6. The number of hydrogen-bond acceptors (Lipinski definition) is 3. The van der Waals surface area contributed by atoms with Crippen molar-refractivity contribution in [3.63, 3.8) is 0 Å². The molecule has 4 nitrogen and oxygen atoms in total. The fraction of sp³-hybridized carbons (Fsp3) is 0.467. The standard InChI is InChI=1S/C15H19NO3/c17-10-8-13-7-4-9-16(11-13)15(18)19-12-14-5-2-1-3-6-14/h1-3,5-6,10,13H,4,7-9,11-12H2/t13-/m1/s1. The Labute approximate surface area is 113 Å². The monoisotopic (exact) mass is 261 g/mol. The molecule has 1 aromatic carbocycles. The van der Waals surface area contributed by atoms with Gasteiger partial charge < -0.3 is 14.4 Å². The van der Waals surface area contributed by atoms with Crippen LogP contribution in [0.1, 0.15) is 24.8 Å². The average molecular weight is 261 g/mol. The van der Waals surface area contributed by atoms with Gasteiger partial charge in [0, 0.05) is 19.5 Å². The zero-order valence-electron chi connectivity index (χ0n) is 11.0. The van der Waals surface area contributed by atoms with Crippen LogP contribution in [0.4, 0.5) is 4.79 Å². The molecule has 0 radical (unpaired) electrons. The minimum Gasteiger partial charge on any atom is -0.445 e. The number of rotatable bonds is 4. The van der Waals surface area contributed by atoms with Gasteiger partial charge in [-0.25, -0.2) is 4.79 Å². The number of nitrogens with zero attached hydrogens (tertiary/aromatic N) is 1. The fourth-order valence-electron chi connectivity index (χ4n) is 2.37. The minimum atomic E-state index is -0.278. The van der Waals surface area contributed by atoms with Crippen LogP contribution in [-0.4, -0.2) is 30.4 Å². The van der Waals surface area contributed by atoms with Crippen LogP contribution in [-0.2, 0) is 16.1 Å². The van der Waals surface area contributed by atoms with Crippen LogP contribution >= 0.6 is 0 Å². The molecule has 0 spiro atoms. The lowest BCUT2D eigenvalue weighted by atomic mass is 9.96. The van der Waals surface area contributed by atoms with Crippen LogP contribution in [0.5, 0.6) is 0 Å². The maximum Gasteiger partial charge on any atom is 0.410 e. The average Bonchev–Trinajstić information content (AvgIpc) is 2.46. The number of hydrogen-bond donors (Lipinski definition) is 0. The third-order valence-corrected chi connectivity index (χ3v) is 3.41. The first kappa shape index (κ1) is 13.6. The molecule has 0 unspecified atom stereocenters. The van der Waals surface area contributed by atoms with Crippen molar-refractivity contribution >= 4 is 12.4 Å². The maximum atomic E-state index is 11.9. The van der Waals surface area contributed by atoms with Gasteiger partial charge in [-0.15, -0.1) is 0 Å². The van der Waals surface area contributed by atoms with Crippen LogP contribution in [0.2, 0.25) is 0 Å². The zero-order valence-corrected chi connectivity index (χ0v) is 11.0. The Bertz CT molecular complexity index is 419. The highest BCUT2D eigenvalue weighted by Crippen LogP contribution is 2.19. The predicted molar refractivity (Wildman–Crippen MR) is 71.6 cm³/mol. The predicted octanol–water partition coefficient (Wildman–Crippen LogP) is 2.62. The first-order chi connectivity index (χ1) is 9.29. The second kappa shape index (κ2) is 6.92. The topological polar surface area (TPSA) is 46.6 Å². The van der Waals surface area contributed by atoms with Crippen molar-refractivity contribution in [3.8, 4) is 0 Å². The van der Waals surface area contributed by atoms with Crippen LogP contribution in [0.3, 0.4) is 0 Å². The number of carbonyl (C=O) groups is 2. The van der Waals surface area contributed by atoms with Gasteiger partial charge in [0.15, 0.2) is 0 Å². The molecular weight excluding hydrogens is 242 g/mol. The van der Waals surface area contributed by atoms with Gasteiger partial charge in [0.1, 0.15) is 12.9 Å². The summed E-state index contributed by atoms with van der Waals surface area (Å²) in [4.78, 5) is 24.2. The summed E-state index contributed by atoms with van der Waals surface area (Å²) >= 11 is 0. The van der Waals surface area contributed by atoms with Crippen molar-refractivity contribution in [2.75, 3.05) is 13.1 Å². The number of amides is 1. The van der Waals surface area contributed by atoms with Gasteiger partial charge >= 0.3 is 6.09 Å². The Morgan fingerprint density at radius 2 is 2.16 bits per heavy atom. The molecule has 102 valence electrons. The molecule has 1 aliphatic rings. The van der Waals surface area contributed by atoms with E-state index in [0.29, 0.717) is 19.6 Å². The molecule has 0 aliphatic carbocycles. The van der Waals surface area contributed by atoms with E-state index in [-0.39, 0.29) is 12.0 Å². The van der Waals surface area contributed by atoms with E-state index in [1.807, 2.05) is 30.3 Å². The van der Waals surface area contributed by atoms with Gasteiger partial charge in [-0.1, -0.05) is 30.3 Å². The summed E-state index contributed by atoms with van der Waals surface area (Å²) in [7, 11) is 0.